The van der Waals surface area contributed by atoms with Crippen molar-refractivity contribution in [2.24, 2.45) is 0 Å². The third kappa shape index (κ3) is 49.6. The van der Waals surface area contributed by atoms with Gasteiger partial charge in [-0.05, 0) is 44.9 Å². The summed E-state index contributed by atoms with van der Waals surface area (Å²) in [6.07, 6.45) is 72.9. The van der Waals surface area contributed by atoms with Crippen molar-refractivity contribution in [3.63, 3.8) is 0 Å². The molecular weight excluding hydrogens is 759 g/mol. The number of amides is 1. The molecule has 4 nitrogen and oxygen atoms in total. The van der Waals surface area contributed by atoms with Crippen LogP contribution >= 0.6 is 0 Å². The van der Waals surface area contributed by atoms with Crippen LogP contribution in [-0.2, 0) is 4.79 Å². The van der Waals surface area contributed by atoms with Crippen LogP contribution in [0.5, 0.6) is 0 Å². The van der Waals surface area contributed by atoms with Crippen molar-refractivity contribution in [1.82, 2.24) is 5.32 Å². The molecule has 0 aromatic carbocycles. The van der Waals surface area contributed by atoms with Gasteiger partial charge in [-0.3, -0.25) is 4.79 Å². The zero-order valence-electron chi connectivity index (χ0n) is 42.2. The summed E-state index contributed by atoms with van der Waals surface area (Å²) in [7, 11) is 0. The van der Waals surface area contributed by atoms with E-state index in [4.69, 9.17) is 0 Å². The number of rotatable bonds is 52. The molecule has 62 heavy (non-hydrogen) atoms. The van der Waals surface area contributed by atoms with Crippen molar-refractivity contribution in [2.75, 3.05) is 6.61 Å². The minimum atomic E-state index is -0.665. The summed E-state index contributed by atoms with van der Waals surface area (Å²) in [6, 6.07) is -0.543. The molecule has 0 radical (unpaired) electrons. The largest absolute Gasteiger partial charge is 0.394 e. The predicted octanol–water partition coefficient (Wildman–Crippen LogP) is 18.5. The molecule has 0 aromatic rings. The van der Waals surface area contributed by atoms with Crippen LogP contribution in [0.3, 0.4) is 0 Å². The van der Waals surface area contributed by atoms with Crippen LogP contribution in [0.15, 0.2) is 36.5 Å². The number of aliphatic hydroxyl groups is 2. The average molecular weight is 871 g/mol. The quantitative estimate of drug-likeness (QED) is 0.0421. The Hall–Kier alpha value is -1.39. The van der Waals surface area contributed by atoms with Gasteiger partial charge in [0.2, 0.25) is 5.91 Å². The maximum Gasteiger partial charge on any atom is 0.220 e. The topological polar surface area (TPSA) is 69.6 Å². The SMILES string of the molecule is CC/C=C\C/C=C\C/C=C\CCCCCCCCCC(=O)NC(CO)C(O)CCCCCCCCCCCCCCCCCCCCCCCCCCCCCCCCCCC. The number of allylic oxidation sites excluding steroid dienone is 6. The average Bonchev–Trinajstić information content (AvgIpc) is 3.28. The minimum Gasteiger partial charge on any atom is -0.394 e. The van der Waals surface area contributed by atoms with Gasteiger partial charge in [-0.2, -0.15) is 0 Å². The molecule has 0 bridgehead atoms. The van der Waals surface area contributed by atoms with Gasteiger partial charge in [0.05, 0.1) is 18.8 Å². The van der Waals surface area contributed by atoms with Gasteiger partial charge in [0.1, 0.15) is 0 Å². The zero-order chi connectivity index (χ0) is 44.9. The van der Waals surface area contributed by atoms with Crippen molar-refractivity contribution < 1.29 is 15.0 Å². The van der Waals surface area contributed by atoms with Crippen LogP contribution in [0.25, 0.3) is 0 Å². The van der Waals surface area contributed by atoms with Crippen LogP contribution in [0, 0.1) is 0 Å². The van der Waals surface area contributed by atoms with Gasteiger partial charge in [0.25, 0.3) is 0 Å². The second-order valence-electron chi connectivity index (χ2n) is 19.3. The van der Waals surface area contributed by atoms with Crippen molar-refractivity contribution in [3.8, 4) is 0 Å². The Balaban J connectivity index is 3.40. The highest BCUT2D eigenvalue weighted by atomic mass is 16.3. The van der Waals surface area contributed by atoms with Crippen molar-refractivity contribution in [1.29, 1.82) is 0 Å². The van der Waals surface area contributed by atoms with Gasteiger partial charge < -0.3 is 15.5 Å². The fourth-order valence-corrected chi connectivity index (χ4v) is 8.91. The fourth-order valence-electron chi connectivity index (χ4n) is 8.91. The van der Waals surface area contributed by atoms with E-state index in [2.05, 4.69) is 55.6 Å². The Morgan fingerprint density at radius 2 is 0.710 bits per heavy atom. The lowest BCUT2D eigenvalue weighted by Crippen LogP contribution is -2.45. The molecule has 2 unspecified atom stereocenters. The van der Waals surface area contributed by atoms with E-state index in [1.54, 1.807) is 0 Å². The standard InChI is InChI=1S/C58H111NO3/c1-3-5-7-9-11-13-15-17-19-21-22-23-24-25-26-27-28-29-30-31-32-33-34-35-36-38-39-41-43-45-47-49-51-53-57(61)56(55-60)59-58(62)54-52-50-48-46-44-42-40-37-20-18-16-14-12-10-8-6-4-2/h6,8,12,14,18,20,56-57,60-61H,3-5,7,9-11,13,15-17,19,21-55H2,1-2H3,(H,59,62)/b8-6-,14-12-,20-18-. The van der Waals surface area contributed by atoms with Crippen molar-refractivity contribution in [2.45, 2.75) is 321 Å². The molecule has 0 saturated heterocycles. The monoisotopic (exact) mass is 870 g/mol. The van der Waals surface area contributed by atoms with Crippen molar-refractivity contribution >= 4 is 5.91 Å². The van der Waals surface area contributed by atoms with Gasteiger partial charge in [-0.15, -0.1) is 0 Å². The molecule has 2 atom stereocenters. The highest BCUT2D eigenvalue weighted by molar-refractivity contribution is 5.76. The molecule has 0 saturated carbocycles. The first-order valence-corrected chi connectivity index (χ1v) is 28.2. The van der Waals surface area contributed by atoms with E-state index in [-0.39, 0.29) is 12.5 Å². The lowest BCUT2D eigenvalue weighted by atomic mass is 10.0. The van der Waals surface area contributed by atoms with Gasteiger partial charge in [-0.1, -0.05) is 294 Å². The predicted molar refractivity (Wildman–Crippen MR) is 276 cm³/mol. The van der Waals surface area contributed by atoms with Gasteiger partial charge >= 0.3 is 0 Å². The third-order valence-corrected chi connectivity index (χ3v) is 13.2. The maximum absolute atomic E-state index is 12.5. The molecule has 0 rings (SSSR count). The lowest BCUT2D eigenvalue weighted by molar-refractivity contribution is -0.123. The number of carbonyl (C=O) groups excluding carboxylic acids is 1. The van der Waals surface area contributed by atoms with E-state index in [0.29, 0.717) is 12.8 Å². The number of hydrogen-bond acceptors (Lipinski definition) is 3. The third-order valence-electron chi connectivity index (χ3n) is 13.2. The second kappa shape index (κ2) is 53.9. The molecule has 3 N–H and O–H groups in total. The van der Waals surface area contributed by atoms with E-state index in [0.717, 1.165) is 44.9 Å². The van der Waals surface area contributed by atoms with Gasteiger partial charge in [0, 0.05) is 6.42 Å². The zero-order valence-corrected chi connectivity index (χ0v) is 42.2. The number of nitrogens with one attached hydrogen (secondary N) is 1. The van der Waals surface area contributed by atoms with Crippen LogP contribution < -0.4 is 5.32 Å². The lowest BCUT2D eigenvalue weighted by Gasteiger charge is -2.22. The molecule has 0 aliphatic rings. The highest BCUT2D eigenvalue weighted by Crippen LogP contribution is 2.18. The first kappa shape index (κ1) is 60.6. The van der Waals surface area contributed by atoms with E-state index < -0.39 is 12.1 Å². The summed E-state index contributed by atoms with van der Waals surface area (Å²) in [4.78, 5) is 12.5. The van der Waals surface area contributed by atoms with E-state index in [9.17, 15) is 15.0 Å². The van der Waals surface area contributed by atoms with E-state index in [1.807, 2.05) is 0 Å². The van der Waals surface area contributed by atoms with E-state index >= 15 is 0 Å². The summed E-state index contributed by atoms with van der Waals surface area (Å²) in [6.45, 7) is 4.27. The summed E-state index contributed by atoms with van der Waals surface area (Å²) in [5, 5.41) is 23.3. The van der Waals surface area contributed by atoms with Crippen molar-refractivity contribution in [3.05, 3.63) is 36.5 Å². The minimum absolute atomic E-state index is 0.0386. The van der Waals surface area contributed by atoms with Crippen LogP contribution in [-0.4, -0.2) is 34.9 Å². The fraction of sp³-hybridized carbons (Fsp3) is 0.879. The number of carbonyl (C=O) groups is 1. The first-order chi connectivity index (χ1) is 30.7. The van der Waals surface area contributed by atoms with Crippen LogP contribution in [0.4, 0.5) is 0 Å². The Morgan fingerprint density at radius 1 is 0.403 bits per heavy atom. The molecule has 0 spiro atoms. The van der Waals surface area contributed by atoms with E-state index in [1.165, 1.54) is 238 Å². The number of aliphatic hydroxyl groups excluding tert-OH is 2. The molecule has 4 heteroatoms. The summed E-state index contributed by atoms with van der Waals surface area (Å²) in [5.74, 6) is -0.0386. The Kier molecular flexibility index (Phi) is 52.7. The molecular formula is C58H111NO3. The Bertz CT molecular complexity index is 943. The molecule has 0 aromatic heterocycles. The summed E-state index contributed by atoms with van der Waals surface area (Å²) < 4.78 is 0. The summed E-state index contributed by atoms with van der Waals surface area (Å²) in [5.41, 5.74) is 0. The van der Waals surface area contributed by atoms with Crippen LogP contribution in [0.1, 0.15) is 309 Å². The van der Waals surface area contributed by atoms with Gasteiger partial charge in [-0.25, -0.2) is 0 Å². The molecule has 0 fully saturated rings. The molecule has 0 aliphatic heterocycles. The van der Waals surface area contributed by atoms with Gasteiger partial charge in [0.15, 0.2) is 0 Å². The maximum atomic E-state index is 12.5. The molecule has 1 amide bonds. The molecule has 0 heterocycles. The normalized spacial score (nSPS) is 13.0. The first-order valence-electron chi connectivity index (χ1n) is 28.2. The Morgan fingerprint density at radius 3 is 1.06 bits per heavy atom. The number of hydrogen-bond donors (Lipinski definition) is 3. The molecule has 0 aliphatic carbocycles. The highest BCUT2D eigenvalue weighted by Gasteiger charge is 2.20. The second-order valence-corrected chi connectivity index (χ2v) is 19.3. The molecule has 366 valence electrons. The smallest absolute Gasteiger partial charge is 0.220 e. The summed E-state index contributed by atoms with van der Waals surface area (Å²) >= 11 is 0. The Labute approximate surface area is 389 Å². The number of unbranched alkanes of at least 4 members (excludes halogenated alkanes) is 39. The van der Waals surface area contributed by atoms with Crippen LogP contribution in [0.2, 0.25) is 0 Å².